The first-order valence-corrected chi connectivity index (χ1v) is 7.05. The summed E-state index contributed by atoms with van der Waals surface area (Å²) in [6.45, 7) is 2.92. The monoisotopic (exact) mass is 307 g/mol. The highest BCUT2D eigenvalue weighted by atomic mass is 35.5. The number of rotatable bonds is 2. The van der Waals surface area contributed by atoms with E-state index in [9.17, 15) is 4.39 Å². The third-order valence-corrected chi connectivity index (χ3v) is 3.77. The fraction of sp³-hybridized carbons (Fsp3) is 0.286. The van der Waals surface area contributed by atoms with E-state index >= 15 is 0 Å². The van der Waals surface area contributed by atoms with Crippen molar-refractivity contribution >= 4 is 29.1 Å². The largest absolute Gasteiger partial charge is 0.368 e. The fourth-order valence-electron chi connectivity index (χ4n) is 2.42. The van der Waals surface area contributed by atoms with Gasteiger partial charge < -0.3 is 15.5 Å². The van der Waals surface area contributed by atoms with Gasteiger partial charge in [-0.2, -0.15) is 4.98 Å². The summed E-state index contributed by atoms with van der Waals surface area (Å²) in [6, 6.07) is 7.71. The van der Waals surface area contributed by atoms with Gasteiger partial charge in [0, 0.05) is 36.9 Å². The first kappa shape index (κ1) is 13.9. The van der Waals surface area contributed by atoms with E-state index < -0.39 is 5.82 Å². The minimum absolute atomic E-state index is 0.0894. The summed E-state index contributed by atoms with van der Waals surface area (Å²) < 4.78 is 13.8. The molecule has 21 heavy (non-hydrogen) atoms. The smallest absolute Gasteiger partial charge is 0.222 e. The molecule has 0 bridgehead atoms. The molecule has 0 aliphatic carbocycles. The molecule has 7 heteroatoms. The number of aromatic nitrogens is 2. The van der Waals surface area contributed by atoms with E-state index in [1.165, 1.54) is 0 Å². The van der Waals surface area contributed by atoms with Gasteiger partial charge in [-0.1, -0.05) is 11.6 Å². The summed E-state index contributed by atoms with van der Waals surface area (Å²) in [6.07, 6.45) is 1.11. The van der Waals surface area contributed by atoms with E-state index in [1.807, 2.05) is 29.2 Å². The number of anilines is 3. The molecule has 1 saturated heterocycles. The molecule has 1 aliphatic rings. The molecule has 2 heterocycles. The zero-order valence-corrected chi connectivity index (χ0v) is 12.1. The Morgan fingerprint density at radius 3 is 2.33 bits per heavy atom. The molecule has 110 valence electrons. The lowest BCUT2D eigenvalue weighted by Gasteiger charge is -2.36. The Labute approximate surface area is 127 Å². The van der Waals surface area contributed by atoms with Crippen LogP contribution < -0.4 is 15.5 Å². The lowest BCUT2D eigenvalue weighted by molar-refractivity contribution is 0.584. The van der Waals surface area contributed by atoms with E-state index in [1.54, 1.807) is 0 Å². The normalized spacial score (nSPS) is 15.3. The minimum atomic E-state index is -0.441. The van der Waals surface area contributed by atoms with Crippen molar-refractivity contribution in [2.75, 3.05) is 41.7 Å². The van der Waals surface area contributed by atoms with Crippen LogP contribution in [0, 0.1) is 5.82 Å². The Kier molecular flexibility index (Phi) is 3.79. The van der Waals surface area contributed by atoms with Crippen LogP contribution >= 0.6 is 11.6 Å². The van der Waals surface area contributed by atoms with Crippen molar-refractivity contribution in [3.05, 3.63) is 41.3 Å². The Morgan fingerprint density at radius 1 is 1.05 bits per heavy atom. The van der Waals surface area contributed by atoms with Gasteiger partial charge >= 0.3 is 0 Å². The summed E-state index contributed by atoms with van der Waals surface area (Å²) in [7, 11) is 0. The summed E-state index contributed by atoms with van der Waals surface area (Å²) in [5.41, 5.74) is 6.64. The van der Waals surface area contributed by atoms with E-state index in [-0.39, 0.29) is 11.8 Å². The molecule has 2 aromatic rings. The minimum Gasteiger partial charge on any atom is -0.368 e. The molecule has 3 rings (SSSR count). The van der Waals surface area contributed by atoms with Gasteiger partial charge in [-0.15, -0.1) is 0 Å². The first-order chi connectivity index (χ1) is 10.1. The predicted molar refractivity (Wildman–Crippen MR) is 82.3 cm³/mol. The molecule has 1 fully saturated rings. The highest BCUT2D eigenvalue weighted by Gasteiger charge is 2.21. The van der Waals surface area contributed by atoms with Crippen LogP contribution in [0.25, 0.3) is 0 Å². The van der Waals surface area contributed by atoms with Crippen LogP contribution in [-0.4, -0.2) is 36.1 Å². The van der Waals surface area contributed by atoms with Crippen molar-refractivity contribution in [2.24, 2.45) is 0 Å². The second-order valence-corrected chi connectivity index (χ2v) is 5.29. The first-order valence-electron chi connectivity index (χ1n) is 6.67. The van der Waals surface area contributed by atoms with Crippen LogP contribution in [0.2, 0.25) is 5.02 Å². The van der Waals surface area contributed by atoms with Gasteiger partial charge in [-0.25, -0.2) is 9.37 Å². The van der Waals surface area contributed by atoms with Crippen LogP contribution in [0.1, 0.15) is 0 Å². The van der Waals surface area contributed by atoms with Crippen molar-refractivity contribution in [1.29, 1.82) is 0 Å². The molecule has 0 atom stereocenters. The van der Waals surface area contributed by atoms with E-state index in [2.05, 4.69) is 14.9 Å². The van der Waals surface area contributed by atoms with E-state index in [0.29, 0.717) is 13.1 Å². The number of nitrogens with two attached hydrogens (primary N) is 1. The third-order valence-electron chi connectivity index (χ3n) is 3.52. The summed E-state index contributed by atoms with van der Waals surface area (Å²) in [4.78, 5) is 11.8. The topological polar surface area (TPSA) is 58.3 Å². The zero-order valence-electron chi connectivity index (χ0n) is 11.3. The number of piperazine rings is 1. The molecule has 0 amide bonds. The van der Waals surface area contributed by atoms with Crippen molar-refractivity contribution in [3.8, 4) is 0 Å². The lowest BCUT2D eigenvalue weighted by Crippen LogP contribution is -2.47. The average molecular weight is 308 g/mol. The van der Waals surface area contributed by atoms with Gasteiger partial charge in [0.05, 0.1) is 6.20 Å². The molecular formula is C14H15ClFN5. The van der Waals surface area contributed by atoms with Crippen LogP contribution in [0.4, 0.5) is 21.8 Å². The second kappa shape index (κ2) is 5.73. The number of benzene rings is 1. The van der Waals surface area contributed by atoms with Crippen molar-refractivity contribution in [3.63, 3.8) is 0 Å². The Bertz CT molecular complexity index is 626. The molecule has 1 aromatic heterocycles. The molecular weight excluding hydrogens is 293 g/mol. The van der Waals surface area contributed by atoms with Crippen molar-refractivity contribution in [2.45, 2.75) is 0 Å². The molecule has 0 saturated carbocycles. The third kappa shape index (κ3) is 3.00. The van der Waals surface area contributed by atoms with Gasteiger partial charge in [0.2, 0.25) is 5.95 Å². The van der Waals surface area contributed by atoms with Crippen LogP contribution in [0.3, 0.4) is 0 Å². The molecule has 0 radical (unpaired) electrons. The van der Waals surface area contributed by atoms with Crippen molar-refractivity contribution < 1.29 is 4.39 Å². The van der Waals surface area contributed by atoms with Gasteiger partial charge in [0.1, 0.15) is 0 Å². The number of hydrogen-bond acceptors (Lipinski definition) is 5. The maximum atomic E-state index is 13.8. The molecule has 0 unspecified atom stereocenters. The fourth-order valence-corrected chi connectivity index (χ4v) is 2.55. The second-order valence-electron chi connectivity index (χ2n) is 4.85. The van der Waals surface area contributed by atoms with E-state index in [4.69, 9.17) is 17.3 Å². The number of halogens is 2. The van der Waals surface area contributed by atoms with Gasteiger partial charge in [0.25, 0.3) is 0 Å². The van der Waals surface area contributed by atoms with Gasteiger partial charge in [-0.05, 0) is 24.3 Å². The maximum Gasteiger partial charge on any atom is 0.222 e. The Morgan fingerprint density at radius 2 is 1.67 bits per heavy atom. The average Bonchev–Trinajstić information content (AvgIpc) is 2.51. The number of nitrogens with zero attached hydrogens (tertiary/aromatic N) is 4. The highest BCUT2D eigenvalue weighted by Crippen LogP contribution is 2.22. The summed E-state index contributed by atoms with van der Waals surface area (Å²) >= 11 is 5.89. The van der Waals surface area contributed by atoms with Gasteiger partial charge in [0.15, 0.2) is 11.6 Å². The van der Waals surface area contributed by atoms with Crippen molar-refractivity contribution in [1.82, 2.24) is 9.97 Å². The molecule has 0 spiro atoms. The van der Waals surface area contributed by atoms with Crippen LogP contribution in [0.15, 0.2) is 30.5 Å². The summed E-state index contributed by atoms with van der Waals surface area (Å²) in [5.74, 6) is -0.0751. The Balaban J connectivity index is 1.70. The van der Waals surface area contributed by atoms with E-state index in [0.717, 1.165) is 30.0 Å². The standard InChI is InChI=1S/C14H15ClFN5/c15-10-1-3-11(4-2-10)20-5-7-21(8-6-20)13-12(16)9-18-14(17)19-13/h1-4,9H,5-8H2,(H2,17,18,19). The SMILES string of the molecule is Nc1ncc(F)c(N2CCN(c3ccc(Cl)cc3)CC2)n1. The number of hydrogen-bond donors (Lipinski definition) is 1. The molecule has 5 nitrogen and oxygen atoms in total. The quantitative estimate of drug-likeness (QED) is 0.921. The Hall–Kier alpha value is -2.08. The predicted octanol–water partition coefficient (Wildman–Crippen LogP) is 2.18. The molecule has 1 aliphatic heterocycles. The zero-order chi connectivity index (χ0) is 14.8. The maximum absolute atomic E-state index is 13.8. The highest BCUT2D eigenvalue weighted by molar-refractivity contribution is 6.30. The van der Waals surface area contributed by atoms with Gasteiger partial charge in [-0.3, -0.25) is 0 Å². The molecule has 1 aromatic carbocycles. The molecule has 2 N–H and O–H groups in total. The van der Waals surface area contributed by atoms with Crippen LogP contribution in [0.5, 0.6) is 0 Å². The lowest BCUT2D eigenvalue weighted by atomic mass is 10.2. The van der Waals surface area contributed by atoms with Crippen LogP contribution in [-0.2, 0) is 0 Å². The summed E-state index contributed by atoms with van der Waals surface area (Å²) in [5, 5.41) is 0.718. The number of nitrogen functional groups attached to an aromatic ring is 1.